The van der Waals surface area contributed by atoms with Gasteiger partial charge >= 0.3 is 0 Å². The second-order valence-corrected chi connectivity index (χ2v) is 5.38. The van der Waals surface area contributed by atoms with Gasteiger partial charge in [-0.05, 0) is 42.0 Å². The number of aliphatic hydroxyl groups is 1. The molecule has 1 aromatic rings. The lowest BCUT2D eigenvalue weighted by Gasteiger charge is -2.11. The van der Waals surface area contributed by atoms with E-state index in [4.69, 9.17) is 11.6 Å². The molecule has 1 aromatic carbocycles. The molecule has 0 spiro atoms. The van der Waals surface area contributed by atoms with E-state index in [9.17, 15) is 9.50 Å². The van der Waals surface area contributed by atoms with Gasteiger partial charge < -0.3 is 5.11 Å². The Morgan fingerprint density at radius 2 is 2.25 bits per heavy atom. The Morgan fingerprint density at radius 3 is 2.88 bits per heavy atom. The first kappa shape index (κ1) is 13.8. The van der Waals surface area contributed by atoms with Gasteiger partial charge in [0.2, 0.25) is 0 Å². The standard InChI is InChI=1S/C12H16ClFOS/c1-2-16-6-5-11(15)7-9-3-4-10(14)8-12(9)13/h3-4,8,11,15H,2,5-7H2,1H3. The summed E-state index contributed by atoms with van der Waals surface area (Å²) in [5, 5.41) is 10.1. The molecule has 0 bridgehead atoms. The molecular formula is C12H16ClFOS. The Bertz CT molecular complexity index is 333. The van der Waals surface area contributed by atoms with Crippen LogP contribution in [0.15, 0.2) is 18.2 Å². The van der Waals surface area contributed by atoms with Crippen molar-refractivity contribution in [2.24, 2.45) is 0 Å². The molecule has 0 aliphatic heterocycles. The van der Waals surface area contributed by atoms with Crippen molar-refractivity contribution in [3.63, 3.8) is 0 Å². The van der Waals surface area contributed by atoms with E-state index >= 15 is 0 Å². The monoisotopic (exact) mass is 262 g/mol. The number of halogens is 2. The normalized spacial score (nSPS) is 12.8. The first-order chi connectivity index (χ1) is 7.63. The molecule has 0 aliphatic rings. The summed E-state index contributed by atoms with van der Waals surface area (Å²) >= 11 is 7.68. The number of benzene rings is 1. The lowest BCUT2D eigenvalue weighted by molar-refractivity contribution is 0.172. The van der Waals surface area contributed by atoms with Crippen LogP contribution in [0.2, 0.25) is 5.02 Å². The molecule has 16 heavy (non-hydrogen) atoms. The number of hydrogen-bond donors (Lipinski definition) is 1. The zero-order valence-electron chi connectivity index (χ0n) is 9.25. The molecule has 0 amide bonds. The van der Waals surface area contributed by atoms with Gasteiger partial charge in [-0.15, -0.1) is 0 Å². The summed E-state index contributed by atoms with van der Waals surface area (Å²) < 4.78 is 12.8. The smallest absolute Gasteiger partial charge is 0.124 e. The minimum absolute atomic E-state index is 0.343. The van der Waals surface area contributed by atoms with E-state index in [2.05, 4.69) is 6.92 Å². The molecule has 0 aliphatic carbocycles. The maximum Gasteiger partial charge on any atom is 0.124 e. The van der Waals surface area contributed by atoms with Crippen LogP contribution in [-0.4, -0.2) is 22.7 Å². The van der Waals surface area contributed by atoms with Crippen LogP contribution in [0, 0.1) is 5.82 Å². The highest BCUT2D eigenvalue weighted by Gasteiger charge is 2.09. The topological polar surface area (TPSA) is 20.2 Å². The van der Waals surface area contributed by atoms with E-state index in [1.807, 2.05) is 0 Å². The summed E-state index contributed by atoms with van der Waals surface area (Å²) in [4.78, 5) is 0. The van der Waals surface area contributed by atoms with Gasteiger partial charge in [-0.2, -0.15) is 11.8 Å². The van der Waals surface area contributed by atoms with Crippen molar-refractivity contribution in [1.29, 1.82) is 0 Å². The third-order valence-electron chi connectivity index (χ3n) is 2.27. The van der Waals surface area contributed by atoms with Crippen LogP contribution in [0.3, 0.4) is 0 Å². The number of rotatable bonds is 6. The fourth-order valence-corrected chi connectivity index (χ4v) is 2.38. The average molecular weight is 263 g/mol. The molecule has 1 atom stereocenters. The zero-order valence-corrected chi connectivity index (χ0v) is 10.8. The maximum absolute atomic E-state index is 12.8. The first-order valence-corrected chi connectivity index (χ1v) is 6.86. The van der Waals surface area contributed by atoms with Crippen molar-refractivity contribution in [3.8, 4) is 0 Å². The van der Waals surface area contributed by atoms with Crippen LogP contribution in [-0.2, 0) is 6.42 Å². The zero-order chi connectivity index (χ0) is 12.0. The fourth-order valence-electron chi connectivity index (χ4n) is 1.41. The first-order valence-electron chi connectivity index (χ1n) is 5.33. The summed E-state index contributed by atoms with van der Waals surface area (Å²) in [7, 11) is 0. The van der Waals surface area contributed by atoms with Crippen LogP contribution in [0.25, 0.3) is 0 Å². The van der Waals surface area contributed by atoms with Gasteiger partial charge in [-0.25, -0.2) is 4.39 Å². The van der Waals surface area contributed by atoms with Crippen molar-refractivity contribution in [2.45, 2.75) is 25.9 Å². The van der Waals surface area contributed by atoms with Crippen molar-refractivity contribution in [1.82, 2.24) is 0 Å². The SMILES string of the molecule is CCSCCC(O)Cc1ccc(F)cc1Cl. The molecule has 0 saturated carbocycles. The molecule has 1 unspecified atom stereocenters. The summed E-state index contributed by atoms with van der Waals surface area (Å²) in [6.45, 7) is 2.09. The van der Waals surface area contributed by atoms with E-state index in [1.54, 1.807) is 17.8 Å². The Kier molecular flexibility index (Phi) is 6.17. The largest absolute Gasteiger partial charge is 0.393 e. The molecule has 90 valence electrons. The van der Waals surface area contributed by atoms with Gasteiger partial charge in [0.15, 0.2) is 0 Å². The number of aliphatic hydroxyl groups excluding tert-OH is 1. The summed E-state index contributed by atoms with van der Waals surface area (Å²) in [5.74, 6) is 1.66. The minimum Gasteiger partial charge on any atom is -0.393 e. The van der Waals surface area contributed by atoms with Crippen molar-refractivity contribution in [3.05, 3.63) is 34.6 Å². The van der Waals surface area contributed by atoms with Gasteiger partial charge in [-0.1, -0.05) is 24.6 Å². The van der Waals surface area contributed by atoms with Crippen LogP contribution in [0.1, 0.15) is 18.9 Å². The summed E-state index contributed by atoms with van der Waals surface area (Å²) in [6, 6.07) is 4.28. The highest BCUT2D eigenvalue weighted by Crippen LogP contribution is 2.20. The Balaban J connectivity index is 2.46. The van der Waals surface area contributed by atoms with Crippen molar-refractivity contribution < 1.29 is 9.50 Å². The van der Waals surface area contributed by atoms with Gasteiger partial charge in [-0.3, -0.25) is 0 Å². The van der Waals surface area contributed by atoms with Crippen molar-refractivity contribution in [2.75, 3.05) is 11.5 Å². The second-order valence-electron chi connectivity index (χ2n) is 3.58. The van der Waals surface area contributed by atoms with Crippen molar-refractivity contribution >= 4 is 23.4 Å². The lowest BCUT2D eigenvalue weighted by Crippen LogP contribution is -2.12. The summed E-state index contributed by atoms with van der Waals surface area (Å²) in [6.07, 6.45) is 0.831. The van der Waals surface area contributed by atoms with Crippen LogP contribution in [0.4, 0.5) is 4.39 Å². The minimum atomic E-state index is -0.401. The Labute approximate surface area is 105 Å². The molecule has 1 N–H and O–H groups in total. The van der Waals surface area contributed by atoms with E-state index in [1.165, 1.54) is 12.1 Å². The molecular weight excluding hydrogens is 247 g/mol. The van der Waals surface area contributed by atoms with Crippen LogP contribution < -0.4 is 0 Å². The molecule has 0 radical (unpaired) electrons. The van der Waals surface area contributed by atoms with Gasteiger partial charge in [0.1, 0.15) is 5.82 Å². The average Bonchev–Trinajstić information content (AvgIpc) is 2.23. The van der Waals surface area contributed by atoms with Crippen LogP contribution in [0.5, 0.6) is 0 Å². The van der Waals surface area contributed by atoms with E-state index in [-0.39, 0.29) is 5.82 Å². The van der Waals surface area contributed by atoms with Gasteiger partial charge in [0.05, 0.1) is 6.10 Å². The number of hydrogen-bond acceptors (Lipinski definition) is 2. The molecule has 1 nitrogen and oxygen atoms in total. The predicted molar refractivity (Wildman–Crippen MR) is 68.7 cm³/mol. The predicted octanol–water partition coefficient (Wildman–Crippen LogP) is 3.53. The number of thioether (sulfide) groups is 1. The maximum atomic E-state index is 12.8. The third kappa shape index (κ3) is 4.73. The molecule has 0 fully saturated rings. The molecule has 0 saturated heterocycles. The second kappa shape index (κ2) is 7.15. The highest BCUT2D eigenvalue weighted by molar-refractivity contribution is 7.99. The van der Waals surface area contributed by atoms with Gasteiger partial charge in [0, 0.05) is 5.02 Å². The lowest BCUT2D eigenvalue weighted by atomic mass is 10.1. The highest BCUT2D eigenvalue weighted by atomic mass is 35.5. The van der Waals surface area contributed by atoms with Crippen LogP contribution >= 0.6 is 23.4 Å². The molecule has 1 rings (SSSR count). The molecule has 0 heterocycles. The molecule has 4 heteroatoms. The van der Waals surface area contributed by atoms with E-state index < -0.39 is 6.10 Å². The quantitative estimate of drug-likeness (QED) is 0.792. The third-order valence-corrected chi connectivity index (χ3v) is 3.55. The summed E-state index contributed by atoms with van der Waals surface area (Å²) in [5.41, 5.74) is 0.803. The van der Waals surface area contributed by atoms with E-state index in [0.717, 1.165) is 23.5 Å². The van der Waals surface area contributed by atoms with Gasteiger partial charge in [0.25, 0.3) is 0 Å². The Morgan fingerprint density at radius 1 is 1.50 bits per heavy atom. The Hall–Kier alpha value is -0.250. The fraction of sp³-hybridized carbons (Fsp3) is 0.500. The molecule has 0 aromatic heterocycles. The van der Waals surface area contributed by atoms with E-state index in [0.29, 0.717) is 11.4 Å².